The van der Waals surface area contributed by atoms with E-state index < -0.39 is 6.10 Å². The lowest BCUT2D eigenvalue weighted by atomic mass is 10.2. The van der Waals surface area contributed by atoms with E-state index in [1.165, 1.54) is 11.3 Å². The molecule has 2 N–H and O–H groups in total. The zero-order valence-corrected chi connectivity index (χ0v) is 18.9. The molecule has 6 nitrogen and oxygen atoms in total. The SMILES string of the molecule is Cc1nc(C(C)O)sc1-c1csc(Cc2ccc(CNc3ccc(Cl)nc3)cn2)n1. The Morgan fingerprint density at radius 1 is 1.13 bits per heavy atom. The number of rotatable bonds is 7. The van der Waals surface area contributed by atoms with E-state index in [9.17, 15) is 5.11 Å². The Kier molecular flexibility index (Phi) is 6.38. The van der Waals surface area contributed by atoms with Crippen molar-refractivity contribution in [2.75, 3.05) is 5.32 Å². The highest BCUT2D eigenvalue weighted by molar-refractivity contribution is 7.16. The van der Waals surface area contributed by atoms with Crippen LogP contribution in [-0.2, 0) is 13.0 Å². The normalized spacial score (nSPS) is 12.1. The topological polar surface area (TPSA) is 83.8 Å². The average molecular weight is 458 g/mol. The molecule has 4 heterocycles. The molecule has 4 aromatic rings. The van der Waals surface area contributed by atoms with Crippen LogP contribution in [0, 0.1) is 6.92 Å². The smallest absolute Gasteiger partial charge is 0.129 e. The molecule has 0 amide bonds. The predicted octanol–water partition coefficient (Wildman–Crippen LogP) is 5.27. The molecule has 4 aromatic heterocycles. The van der Waals surface area contributed by atoms with Crippen molar-refractivity contribution in [2.24, 2.45) is 0 Å². The number of pyridine rings is 2. The Hall–Kier alpha value is -2.39. The summed E-state index contributed by atoms with van der Waals surface area (Å²) < 4.78 is 0. The average Bonchev–Trinajstić information content (AvgIpc) is 3.35. The Morgan fingerprint density at radius 2 is 2.00 bits per heavy atom. The van der Waals surface area contributed by atoms with Gasteiger partial charge in [0.25, 0.3) is 0 Å². The van der Waals surface area contributed by atoms with Gasteiger partial charge in [-0.2, -0.15) is 0 Å². The van der Waals surface area contributed by atoms with E-state index in [1.807, 2.05) is 30.6 Å². The highest BCUT2D eigenvalue weighted by Crippen LogP contribution is 2.33. The van der Waals surface area contributed by atoms with Gasteiger partial charge in [0.1, 0.15) is 16.3 Å². The molecule has 1 atom stereocenters. The van der Waals surface area contributed by atoms with Crippen LogP contribution in [0.3, 0.4) is 0 Å². The van der Waals surface area contributed by atoms with Gasteiger partial charge in [0, 0.05) is 30.2 Å². The first-order chi connectivity index (χ1) is 14.5. The molecule has 0 aromatic carbocycles. The van der Waals surface area contributed by atoms with Crippen molar-refractivity contribution in [1.29, 1.82) is 0 Å². The zero-order valence-electron chi connectivity index (χ0n) is 16.5. The summed E-state index contributed by atoms with van der Waals surface area (Å²) in [6, 6.07) is 7.75. The summed E-state index contributed by atoms with van der Waals surface area (Å²) in [5.74, 6) is 0. The first-order valence-corrected chi connectivity index (χ1v) is 11.4. The number of aliphatic hydroxyl groups is 1. The summed E-state index contributed by atoms with van der Waals surface area (Å²) in [7, 11) is 0. The molecule has 30 heavy (non-hydrogen) atoms. The van der Waals surface area contributed by atoms with E-state index in [-0.39, 0.29) is 0 Å². The maximum atomic E-state index is 9.75. The van der Waals surface area contributed by atoms with Crippen molar-refractivity contribution >= 4 is 40.0 Å². The van der Waals surface area contributed by atoms with Crippen LogP contribution in [0.5, 0.6) is 0 Å². The van der Waals surface area contributed by atoms with E-state index in [0.717, 1.165) is 43.2 Å². The summed E-state index contributed by atoms with van der Waals surface area (Å²) in [4.78, 5) is 18.8. The first-order valence-electron chi connectivity index (χ1n) is 9.37. The van der Waals surface area contributed by atoms with Crippen LogP contribution < -0.4 is 5.32 Å². The number of anilines is 1. The van der Waals surface area contributed by atoms with Crippen molar-refractivity contribution in [3.63, 3.8) is 0 Å². The molecule has 154 valence electrons. The molecular weight excluding hydrogens is 438 g/mol. The number of nitrogens with one attached hydrogen (secondary N) is 1. The maximum Gasteiger partial charge on any atom is 0.129 e. The summed E-state index contributed by atoms with van der Waals surface area (Å²) in [6.45, 7) is 4.34. The first kappa shape index (κ1) is 20.9. The second kappa shape index (κ2) is 9.18. The summed E-state index contributed by atoms with van der Waals surface area (Å²) in [5.41, 5.74) is 4.78. The molecule has 9 heteroatoms. The lowest BCUT2D eigenvalue weighted by Gasteiger charge is -2.06. The van der Waals surface area contributed by atoms with Crippen LogP contribution in [0.15, 0.2) is 42.0 Å². The van der Waals surface area contributed by atoms with Crippen molar-refractivity contribution in [3.8, 4) is 10.6 Å². The summed E-state index contributed by atoms with van der Waals surface area (Å²) in [6.07, 6.45) is 3.70. The van der Waals surface area contributed by atoms with Crippen LogP contribution >= 0.6 is 34.3 Å². The number of halogens is 1. The molecule has 0 saturated heterocycles. The van der Waals surface area contributed by atoms with Gasteiger partial charge >= 0.3 is 0 Å². The lowest BCUT2D eigenvalue weighted by molar-refractivity contribution is 0.198. The minimum Gasteiger partial charge on any atom is -0.386 e. The fraction of sp³-hybridized carbons (Fsp3) is 0.238. The van der Waals surface area contributed by atoms with E-state index in [2.05, 4.69) is 26.3 Å². The van der Waals surface area contributed by atoms with E-state index in [0.29, 0.717) is 18.1 Å². The number of hydrogen-bond donors (Lipinski definition) is 2. The minimum atomic E-state index is -0.561. The van der Waals surface area contributed by atoms with E-state index >= 15 is 0 Å². The Balaban J connectivity index is 1.38. The molecule has 0 saturated carbocycles. The lowest BCUT2D eigenvalue weighted by Crippen LogP contribution is -2.01. The number of hydrogen-bond acceptors (Lipinski definition) is 8. The molecule has 4 rings (SSSR count). The third-order valence-corrected chi connectivity index (χ3v) is 6.82. The molecule has 0 aliphatic rings. The fourth-order valence-electron chi connectivity index (χ4n) is 2.83. The predicted molar refractivity (Wildman–Crippen MR) is 122 cm³/mol. The van der Waals surface area contributed by atoms with Crippen LogP contribution in [0.25, 0.3) is 10.6 Å². The molecule has 0 radical (unpaired) electrons. The van der Waals surface area contributed by atoms with Crippen molar-refractivity contribution < 1.29 is 5.11 Å². The van der Waals surface area contributed by atoms with Crippen LogP contribution in [0.4, 0.5) is 5.69 Å². The van der Waals surface area contributed by atoms with E-state index in [4.69, 9.17) is 16.6 Å². The zero-order chi connectivity index (χ0) is 21.1. The molecule has 0 spiro atoms. The Bertz CT molecular complexity index is 1120. The van der Waals surface area contributed by atoms with Gasteiger partial charge in [-0.15, -0.1) is 22.7 Å². The number of aromatic nitrogens is 4. The molecule has 0 fully saturated rings. The van der Waals surface area contributed by atoms with Crippen LogP contribution in [0.1, 0.15) is 40.0 Å². The second-order valence-electron chi connectivity index (χ2n) is 6.83. The van der Waals surface area contributed by atoms with Crippen LogP contribution in [0.2, 0.25) is 5.15 Å². The molecular formula is C21H20ClN5OS2. The van der Waals surface area contributed by atoms with Gasteiger partial charge < -0.3 is 10.4 Å². The number of aliphatic hydroxyl groups excluding tert-OH is 1. The van der Waals surface area contributed by atoms with Gasteiger partial charge in [-0.3, -0.25) is 4.98 Å². The van der Waals surface area contributed by atoms with Crippen molar-refractivity contribution in [2.45, 2.75) is 32.9 Å². The van der Waals surface area contributed by atoms with Crippen molar-refractivity contribution in [1.82, 2.24) is 19.9 Å². The monoisotopic (exact) mass is 457 g/mol. The summed E-state index contributed by atoms with van der Waals surface area (Å²) in [5, 5.41) is 17.3. The van der Waals surface area contributed by atoms with Gasteiger partial charge in [-0.1, -0.05) is 17.7 Å². The van der Waals surface area contributed by atoms with Crippen LogP contribution in [-0.4, -0.2) is 25.0 Å². The van der Waals surface area contributed by atoms with Gasteiger partial charge in [-0.05, 0) is 37.6 Å². The van der Waals surface area contributed by atoms with E-state index in [1.54, 1.807) is 30.5 Å². The molecule has 0 aliphatic carbocycles. The molecule has 0 bridgehead atoms. The van der Waals surface area contributed by atoms with Gasteiger partial charge in [0.2, 0.25) is 0 Å². The van der Waals surface area contributed by atoms with Crippen molar-refractivity contribution in [3.05, 3.63) is 74.2 Å². The number of thiazole rings is 2. The van der Waals surface area contributed by atoms with Gasteiger partial charge in [-0.25, -0.2) is 15.0 Å². The number of nitrogens with zero attached hydrogens (tertiary/aromatic N) is 4. The highest BCUT2D eigenvalue weighted by Gasteiger charge is 2.15. The maximum absolute atomic E-state index is 9.75. The minimum absolute atomic E-state index is 0.478. The van der Waals surface area contributed by atoms with Gasteiger partial charge in [0.15, 0.2) is 0 Å². The third-order valence-electron chi connectivity index (χ3n) is 4.40. The van der Waals surface area contributed by atoms with Gasteiger partial charge in [0.05, 0.1) is 33.2 Å². The largest absolute Gasteiger partial charge is 0.386 e. The summed E-state index contributed by atoms with van der Waals surface area (Å²) >= 11 is 8.91. The second-order valence-corrected chi connectivity index (χ2v) is 9.19. The molecule has 1 unspecified atom stereocenters. The Morgan fingerprint density at radius 3 is 2.67 bits per heavy atom. The standard InChI is InChI=1S/C21H20ClN5OS2/c1-12-20(30-21(26-12)13(2)28)17-11-29-19(27-17)7-15-4-3-14(8-23-15)9-24-16-5-6-18(22)25-10-16/h3-6,8,10-11,13,24,28H,7,9H2,1-2H3. The quantitative estimate of drug-likeness (QED) is 0.367. The fourth-order valence-corrected chi connectivity index (χ4v) is 4.79. The third kappa shape index (κ3) is 5.02. The number of aryl methyl sites for hydroxylation is 1. The highest BCUT2D eigenvalue weighted by atomic mass is 35.5. The Labute approximate surface area is 187 Å². The molecule has 0 aliphatic heterocycles.